The van der Waals surface area contributed by atoms with Gasteiger partial charge in [0.15, 0.2) is 6.29 Å². The second-order valence-corrected chi connectivity index (χ2v) is 11.5. The molecule has 7 atom stereocenters. The molecule has 2 aliphatic carbocycles. The van der Waals surface area contributed by atoms with Crippen LogP contribution < -0.4 is 10.1 Å². The molecule has 0 spiro atoms. The van der Waals surface area contributed by atoms with E-state index < -0.39 is 12.4 Å². The second kappa shape index (κ2) is 10.7. The van der Waals surface area contributed by atoms with Crippen LogP contribution in [0.5, 0.6) is 5.75 Å². The Morgan fingerprint density at radius 2 is 1.84 bits per heavy atom. The first-order chi connectivity index (χ1) is 17.8. The second-order valence-electron chi connectivity index (χ2n) is 11.5. The molecule has 6 nitrogen and oxygen atoms in total. The van der Waals surface area contributed by atoms with Crippen LogP contribution in [0.2, 0.25) is 0 Å². The molecule has 200 valence electrons. The van der Waals surface area contributed by atoms with E-state index in [0.29, 0.717) is 26.2 Å². The summed E-state index contributed by atoms with van der Waals surface area (Å²) >= 11 is 0. The van der Waals surface area contributed by atoms with Gasteiger partial charge in [0.2, 0.25) is 5.91 Å². The first-order valence-electron chi connectivity index (χ1n) is 13.4. The summed E-state index contributed by atoms with van der Waals surface area (Å²) in [5.41, 5.74) is 0.452. The number of aliphatic hydroxyl groups is 1. The van der Waals surface area contributed by atoms with E-state index in [9.17, 15) is 14.3 Å². The van der Waals surface area contributed by atoms with Crippen LogP contribution in [0.15, 0.2) is 54.6 Å². The average Bonchev–Trinajstić information content (AvgIpc) is 2.90. The van der Waals surface area contributed by atoms with Crippen molar-refractivity contribution in [3.8, 4) is 5.75 Å². The molecule has 3 fully saturated rings. The minimum atomic E-state index is -0.518. The fraction of sp³-hybridized carbons (Fsp3) is 0.567. The van der Waals surface area contributed by atoms with Gasteiger partial charge in [-0.1, -0.05) is 44.2 Å². The van der Waals surface area contributed by atoms with Crippen molar-refractivity contribution in [3.63, 3.8) is 0 Å². The molecular formula is C30H38FNO5. The molecule has 7 heteroatoms. The maximum absolute atomic E-state index is 13.2. The van der Waals surface area contributed by atoms with E-state index in [-0.39, 0.29) is 46.9 Å². The lowest BCUT2D eigenvalue weighted by atomic mass is 9.46. The number of para-hydroxylation sites is 1. The van der Waals surface area contributed by atoms with Crippen LogP contribution in [0.1, 0.15) is 51.5 Å². The Bertz CT molecular complexity index is 1070. The van der Waals surface area contributed by atoms with Crippen LogP contribution in [0.3, 0.4) is 0 Å². The Kier molecular flexibility index (Phi) is 7.57. The van der Waals surface area contributed by atoms with Crippen molar-refractivity contribution in [1.82, 2.24) is 5.32 Å². The number of carbonyl (C=O) groups excluding carboxylic acids is 1. The molecule has 3 aliphatic rings. The smallest absolute Gasteiger partial charge is 0.220 e. The number of hydrogen-bond donors (Lipinski definition) is 2. The summed E-state index contributed by atoms with van der Waals surface area (Å²) in [5.74, 6) is 0.538. The maximum Gasteiger partial charge on any atom is 0.220 e. The summed E-state index contributed by atoms with van der Waals surface area (Å²) in [5, 5.41) is 14.0. The van der Waals surface area contributed by atoms with Crippen molar-refractivity contribution >= 4 is 5.91 Å². The third-order valence-corrected chi connectivity index (χ3v) is 9.17. The van der Waals surface area contributed by atoms with Crippen molar-refractivity contribution in [2.45, 2.75) is 71.0 Å². The highest BCUT2D eigenvalue weighted by Gasteiger charge is 2.61. The van der Waals surface area contributed by atoms with Crippen molar-refractivity contribution in [2.24, 2.45) is 22.7 Å². The molecule has 1 heterocycles. The van der Waals surface area contributed by atoms with E-state index in [1.165, 1.54) is 12.1 Å². The van der Waals surface area contributed by atoms with Gasteiger partial charge in [-0.05, 0) is 72.8 Å². The lowest BCUT2D eigenvalue weighted by Gasteiger charge is -2.62. The van der Waals surface area contributed by atoms with E-state index >= 15 is 0 Å². The van der Waals surface area contributed by atoms with Gasteiger partial charge in [-0.3, -0.25) is 4.79 Å². The number of benzene rings is 2. The van der Waals surface area contributed by atoms with Gasteiger partial charge in [0.25, 0.3) is 0 Å². The van der Waals surface area contributed by atoms with Crippen LogP contribution in [-0.2, 0) is 20.8 Å². The minimum absolute atomic E-state index is 0.0480. The van der Waals surface area contributed by atoms with Crippen molar-refractivity contribution in [2.75, 3.05) is 13.2 Å². The van der Waals surface area contributed by atoms with E-state index in [1.54, 1.807) is 12.1 Å². The Balaban J connectivity index is 1.22. The lowest BCUT2D eigenvalue weighted by Crippen LogP contribution is -2.63. The number of amides is 1. The third kappa shape index (κ3) is 5.40. The molecule has 2 saturated carbocycles. The fourth-order valence-corrected chi connectivity index (χ4v) is 7.13. The lowest BCUT2D eigenvalue weighted by molar-refractivity contribution is -0.313. The molecule has 0 bridgehead atoms. The monoisotopic (exact) mass is 511 g/mol. The number of carbonyl (C=O) groups is 1. The summed E-state index contributed by atoms with van der Waals surface area (Å²) in [7, 11) is 0. The van der Waals surface area contributed by atoms with E-state index in [4.69, 9.17) is 14.2 Å². The van der Waals surface area contributed by atoms with Gasteiger partial charge >= 0.3 is 0 Å². The van der Waals surface area contributed by atoms with Gasteiger partial charge in [0.05, 0.1) is 18.8 Å². The highest BCUT2D eigenvalue weighted by molar-refractivity contribution is 5.76. The number of aliphatic hydroxyl groups excluding tert-OH is 1. The minimum Gasteiger partial charge on any atom is -0.488 e. The first-order valence-corrected chi connectivity index (χ1v) is 13.4. The zero-order valence-corrected chi connectivity index (χ0v) is 21.7. The molecule has 0 aromatic heterocycles. The molecule has 5 rings (SSSR count). The topological polar surface area (TPSA) is 77.0 Å². The van der Waals surface area contributed by atoms with Gasteiger partial charge in [-0.25, -0.2) is 4.39 Å². The molecule has 37 heavy (non-hydrogen) atoms. The van der Waals surface area contributed by atoms with Crippen LogP contribution in [0, 0.1) is 28.5 Å². The quantitative estimate of drug-likeness (QED) is 0.556. The van der Waals surface area contributed by atoms with Crippen LogP contribution >= 0.6 is 0 Å². The summed E-state index contributed by atoms with van der Waals surface area (Å²) in [4.78, 5) is 12.9. The molecule has 0 radical (unpaired) electrons. The first kappa shape index (κ1) is 26.1. The number of nitrogens with one attached hydrogen (secondary N) is 1. The largest absolute Gasteiger partial charge is 0.488 e. The zero-order chi connectivity index (χ0) is 26.0. The van der Waals surface area contributed by atoms with Crippen LogP contribution in [0.25, 0.3) is 0 Å². The Labute approximate surface area is 218 Å². The highest BCUT2D eigenvalue weighted by atomic mass is 19.1. The average molecular weight is 512 g/mol. The Morgan fingerprint density at radius 1 is 1.08 bits per heavy atom. The molecule has 1 amide bonds. The Morgan fingerprint density at radius 3 is 2.59 bits per heavy atom. The van der Waals surface area contributed by atoms with E-state index in [2.05, 4.69) is 19.2 Å². The van der Waals surface area contributed by atoms with Gasteiger partial charge in [-0.15, -0.1) is 0 Å². The highest BCUT2D eigenvalue weighted by Crippen LogP contribution is 2.62. The standard InChI is InChI=1S/C30H38FNO5/c1-29-15-14-26-30(2,19-36-28(37-26)18-35-22-6-4-3-5-7-22)25(29)13-12-24(33)23(29)16-27(34)32-17-20-8-10-21(31)11-9-20/h3-11,23-26,28,33H,12-19H2,1-2H3,(H,32,34)/t23-,24-,25+,26-,28-,29+,30+/m1/s1. The molecule has 1 aliphatic heterocycles. The molecule has 2 aromatic carbocycles. The molecule has 1 saturated heterocycles. The normalized spacial score (nSPS) is 35.2. The van der Waals surface area contributed by atoms with Crippen molar-refractivity contribution in [1.29, 1.82) is 0 Å². The molecule has 2 aromatic rings. The van der Waals surface area contributed by atoms with E-state index in [0.717, 1.165) is 30.6 Å². The number of hydrogen-bond acceptors (Lipinski definition) is 5. The van der Waals surface area contributed by atoms with Gasteiger partial charge < -0.3 is 24.6 Å². The zero-order valence-electron chi connectivity index (χ0n) is 21.7. The summed E-state index contributed by atoms with van der Waals surface area (Å²) in [6.45, 7) is 5.74. The van der Waals surface area contributed by atoms with Gasteiger partial charge in [0, 0.05) is 18.4 Å². The predicted molar refractivity (Wildman–Crippen MR) is 137 cm³/mol. The van der Waals surface area contributed by atoms with Crippen molar-refractivity contribution in [3.05, 3.63) is 66.0 Å². The number of ether oxygens (including phenoxy) is 3. The van der Waals surface area contributed by atoms with E-state index in [1.807, 2.05) is 30.3 Å². The van der Waals surface area contributed by atoms with Gasteiger partial charge in [0.1, 0.15) is 18.2 Å². The summed E-state index contributed by atoms with van der Waals surface area (Å²) in [6, 6.07) is 15.8. The summed E-state index contributed by atoms with van der Waals surface area (Å²) < 4.78 is 31.7. The van der Waals surface area contributed by atoms with Crippen LogP contribution in [0.4, 0.5) is 4.39 Å². The Hall–Kier alpha value is -2.48. The third-order valence-electron chi connectivity index (χ3n) is 9.17. The predicted octanol–water partition coefficient (Wildman–Crippen LogP) is 4.85. The van der Waals surface area contributed by atoms with Crippen molar-refractivity contribution < 1.29 is 28.5 Å². The van der Waals surface area contributed by atoms with Gasteiger partial charge in [-0.2, -0.15) is 0 Å². The number of fused-ring (bicyclic) bond motifs is 3. The fourth-order valence-electron chi connectivity index (χ4n) is 7.13. The number of halogens is 1. The SMILES string of the molecule is C[C@@]12CO[C@@H](COc3ccccc3)O[C@@H]1CC[C@]1(C)[C@@H]2CC[C@@H](O)[C@H]1CC(=O)NCc1ccc(F)cc1. The van der Waals surface area contributed by atoms with Crippen LogP contribution in [-0.4, -0.2) is 42.7 Å². The molecule has 2 N–H and O–H groups in total. The molecular weight excluding hydrogens is 473 g/mol. The summed E-state index contributed by atoms with van der Waals surface area (Å²) in [6.07, 6.45) is 2.68. The number of rotatable bonds is 7. The molecule has 0 unspecified atom stereocenters. The maximum atomic E-state index is 13.2.